The van der Waals surface area contributed by atoms with Gasteiger partial charge in [-0.05, 0) is 62.1 Å². The van der Waals surface area contributed by atoms with Gasteiger partial charge in [-0.25, -0.2) is 4.79 Å². The number of carbonyl (C=O) groups excluding carboxylic acids is 1. The van der Waals surface area contributed by atoms with Crippen molar-refractivity contribution in [2.24, 2.45) is 5.92 Å². The van der Waals surface area contributed by atoms with Gasteiger partial charge in [-0.3, -0.25) is 0 Å². The molecule has 3 aromatic rings. The molecule has 2 amide bonds. The minimum atomic E-state index is -0.207. The Balaban J connectivity index is 1.43. The number of benzene rings is 1. The summed E-state index contributed by atoms with van der Waals surface area (Å²) >= 11 is 1.85. The highest BCUT2D eigenvalue weighted by Crippen LogP contribution is 2.41. The fourth-order valence-electron chi connectivity index (χ4n) is 4.80. The minimum absolute atomic E-state index is 0.0737. The number of likely N-dealkylation sites (N-methyl/N-ethyl adjacent to an activating group) is 1. The summed E-state index contributed by atoms with van der Waals surface area (Å²) in [6.07, 6.45) is 7.12. The molecule has 0 radical (unpaired) electrons. The number of ether oxygens (including phenoxy) is 2. The zero-order valence-electron chi connectivity index (χ0n) is 20.7. The quantitative estimate of drug-likeness (QED) is 0.449. The number of thiophene rings is 1. The van der Waals surface area contributed by atoms with Crippen LogP contribution in [0.4, 0.5) is 10.5 Å². The fraction of sp³-hybridized carbons (Fsp3) is 0.444. The Bertz CT molecular complexity index is 1170. The van der Waals surface area contributed by atoms with Gasteiger partial charge >= 0.3 is 6.03 Å². The lowest BCUT2D eigenvalue weighted by molar-refractivity contribution is 0.171. The van der Waals surface area contributed by atoms with Crippen molar-refractivity contribution < 1.29 is 14.3 Å². The van der Waals surface area contributed by atoms with Gasteiger partial charge in [-0.2, -0.15) is 0 Å². The van der Waals surface area contributed by atoms with Gasteiger partial charge in [0.05, 0.1) is 6.04 Å². The average Bonchev–Trinajstić information content (AvgIpc) is 3.49. The Hall–Kier alpha value is -2.97. The molecule has 4 heterocycles. The number of amides is 2. The van der Waals surface area contributed by atoms with Crippen molar-refractivity contribution in [3.63, 3.8) is 0 Å². The number of hydrogen-bond donors (Lipinski definition) is 2. The van der Waals surface area contributed by atoms with E-state index < -0.39 is 0 Å². The molecule has 0 unspecified atom stereocenters. The zero-order valence-corrected chi connectivity index (χ0v) is 21.5. The molecule has 0 saturated heterocycles. The molecule has 7 nitrogen and oxygen atoms in total. The Morgan fingerprint density at radius 3 is 2.66 bits per heavy atom. The molecule has 5 rings (SSSR count). The lowest BCUT2D eigenvalue weighted by Crippen LogP contribution is -2.34. The number of anilines is 1. The molecule has 8 heteroatoms. The third kappa shape index (κ3) is 5.33. The van der Waals surface area contributed by atoms with E-state index in [2.05, 4.69) is 65.5 Å². The van der Waals surface area contributed by atoms with E-state index in [0.717, 1.165) is 32.4 Å². The molecule has 0 spiro atoms. The Kier molecular flexibility index (Phi) is 7.02. The van der Waals surface area contributed by atoms with Crippen molar-refractivity contribution in [2.75, 3.05) is 32.1 Å². The highest BCUT2D eigenvalue weighted by molar-refractivity contribution is 7.15. The summed E-state index contributed by atoms with van der Waals surface area (Å²) < 4.78 is 13.5. The Labute approximate surface area is 211 Å². The van der Waals surface area contributed by atoms with E-state index >= 15 is 0 Å². The number of nitrogens with zero attached hydrogens (tertiary/aromatic N) is 2. The van der Waals surface area contributed by atoms with Crippen molar-refractivity contribution in [3.05, 3.63) is 58.7 Å². The fourth-order valence-corrected chi connectivity index (χ4v) is 6.25. The highest BCUT2D eigenvalue weighted by Gasteiger charge is 2.29. The standard InChI is InChI=1S/C27H34N4O3S/c1-18(2)6-8-21(29-27(32)28-19-7-9-22-23(16-19)34-15-14-33-22)25-20-10-13-30(3)17-24(20)35-26(25)31-11-4-5-12-31/h4-5,7,9,11-12,16,18,21H,6,8,10,13-15,17H2,1-3H3,(H2,28,29,32)/t21-/m0/s1. The Morgan fingerprint density at radius 2 is 1.89 bits per heavy atom. The summed E-state index contributed by atoms with van der Waals surface area (Å²) in [4.78, 5) is 17.0. The second kappa shape index (κ2) is 10.3. The monoisotopic (exact) mass is 494 g/mol. The molecule has 1 atom stereocenters. The van der Waals surface area contributed by atoms with E-state index in [0.29, 0.717) is 36.3 Å². The summed E-state index contributed by atoms with van der Waals surface area (Å²) in [6, 6.07) is 9.35. The van der Waals surface area contributed by atoms with E-state index in [9.17, 15) is 4.79 Å². The maximum Gasteiger partial charge on any atom is 0.319 e. The largest absolute Gasteiger partial charge is 0.486 e. The van der Waals surface area contributed by atoms with Crippen LogP contribution in [0.5, 0.6) is 11.5 Å². The molecule has 2 N–H and O–H groups in total. The number of hydrogen-bond acceptors (Lipinski definition) is 5. The second-order valence-electron chi connectivity index (χ2n) is 9.78. The van der Waals surface area contributed by atoms with E-state index in [-0.39, 0.29) is 12.1 Å². The van der Waals surface area contributed by atoms with Crippen molar-refractivity contribution >= 4 is 23.1 Å². The molecule has 0 bridgehead atoms. The maximum atomic E-state index is 13.2. The average molecular weight is 495 g/mol. The van der Waals surface area contributed by atoms with Crippen molar-refractivity contribution in [1.29, 1.82) is 0 Å². The summed E-state index contributed by atoms with van der Waals surface area (Å²) in [5.74, 6) is 1.93. The van der Waals surface area contributed by atoms with Gasteiger partial charge in [-0.1, -0.05) is 13.8 Å². The predicted octanol–water partition coefficient (Wildman–Crippen LogP) is 5.60. The van der Waals surface area contributed by atoms with E-state index in [1.807, 2.05) is 29.5 Å². The molecule has 0 aliphatic carbocycles. The second-order valence-corrected chi connectivity index (χ2v) is 10.9. The lowest BCUT2D eigenvalue weighted by Gasteiger charge is -2.26. The van der Waals surface area contributed by atoms with Crippen LogP contribution >= 0.6 is 11.3 Å². The van der Waals surface area contributed by atoms with Gasteiger partial charge in [0.15, 0.2) is 11.5 Å². The van der Waals surface area contributed by atoms with Gasteiger partial charge in [0.25, 0.3) is 0 Å². The predicted molar refractivity (Wildman–Crippen MR) is 140 cm³/mol. The molecular formula is C27H34N4O3S. The molecule has 0 fully saturated rings. The van der Waals surface area contributed by atoms with E-state index in [1.54, 1.807) is 0 Å². The van der Waals surface area contributed by atoms with Crippen molar-refractivity contribution in [3.8, 4) is 16.5 Å². The maximum absolute atomic E-state index is 13.2. The van der Waals surface area contributed by atoms with Crippen LogP contribution < -0.4 is 20.1 Å². The van der Waals surface area contributed by atoms with E-state index in [4.69, 9.17) is 9.47 Å². The van der Waals surface area contributed by atoms with Gasteiger partial charge in [0, 0.05) is 47.7 Å². The molecule has 2 aliphatic heterocycles. The SMILES string of the molecule is CC(C)CC[C@H](NC(=O)Nc1ccc2c(c1)OCCO2)c1c(-n2cccc2)sc2c1CCN(C)C2. The number of aromatic nitrogens is 1. The normalized spacial score (nSPS) is 16.1. The van der Waals surface area contributed by atoms with Gasteiger partial charge in [0.1, 0.15) is 18.2 Å². The molecule has 2 aliphatic rings. The van der Waals surface area contributed by atoms with Gasteiger partial charge < -0.3 is 29.6 Å². The van der Waals surface area contributed by atoms with Crippen LogP contribution in [0.25, 0.3) is 5.00 Å². The van der Waals surface area contributed by atoms with Crippen LogP contribution in [0.3, 0.4) is 0 Å². The molecule has 186 valence electrons. The first kappa shape index (κ1) is 23.8. The molecule has 35 heavy (non-hydrogen) atoms. The first-order valence-corrected chi connectivity index (χ1v) is 13.2. The number of urea groups is 1. The zero-order chi connectivity index (χ0) is 24.4. The highest BCUT2D eigenvalue weighted by atomic mass is 32.1. The van der Waals surface area contributed by atoms with E-state index in [1.165, 1.54) is 21.0 Å². The van der Waals surface area contributed by atoms with Crippen LogP contribution in [0.1, 0.15) is 48.7 Å². The third-order valence-electron chi connectivity index (χ3n) is 6.59. The van der Waals surface area contributed by atoms with Gasteiger partial charge in [-0.15, -0.1) is 11.3 Å². The number of nitrogens with one attached hydrogen (secondary N) is 2. The first-order valence-electron chi connectivity index (χ1n) is 12.4. The number of fused-ring (bicyclic) bond motifs is 2. The summed E-state index contributed by atoms with van der Waals surface area (Å²) in [6.45, 7) is 7.51. The lowest BCUT2D eigenvalue weighted by atomic mass is 9.92. The topological polar surface area (TPSA) is 67.8 Å². The third-order valence-corrected chi connectivity index (χ3v) is 7.84. The summed E-state index contributed by atoms with van der Waals surface area (Å²) in [5, 5.41) is 7.55. The van der Waals surface area contributed by atoms with Crippen LogP contribution in [-0.4, -0.2) is 42.3 Å². The van der Waals surface area contributed by atoms with Crippen LogP contribution in [0, 0.1) is 5.92 Å². The number of carbonyl (C=O) groups is 1. The summed E-state index contributed by atoms with van der Waals surface area (Å²) in [5.41, 5.74) is 3.37. The summed E-state index contributed by atoms with van der Waals surface area (Å²) in [7, 11) is 2.17. The molecule has 2 aromatic heterocycles. The van der Waals surface area contributed by atoms with Crippen molar-refractivity contribution in [1.82, 2.24) is 14.8 Å². The van der Waals surface area contributed by atoms with Crippen molar-refractivity contribution in [2.45, 2.75) is 45.7 Å². The minimum Gasteiger partial charge on any atom is -0.486 e. The van der Waals surface area contributed by atoms with Gasteiger partial charge in [0.2, 0.25) is 0 Å². The first-order chi connectivity index (χ1) is 17.0. The smallest absolute Gasteiger partial charge is 0.319 e. The number of rotatable bonds is 7. The molecule has 1 aromatic carbocycles. The molecule has 0 saturated carbocycles. The van der Waals surface area contributed by atoms with Crippen LogP contribution in [0.2, 0.25) is 0 Å². The Morgan fingerprint density at radius 1 is 1.11 bits per heavy atom. The molecular weight excluding hydrogens is 460 g/mol. The van der Waals surface area contributed by atoms with Crippen LogP contribution in [0.15, 0.2) is 42.7 Å². The van der Waals surface area contributed by atoms with Crippen LogP contribution in [-0.2, 0) is 13.0 Å².